The molecule has 5 rings (SSSR count). The number of Topliss-reactive ketones (excluding diaryl/α,β-unsaturated/α-hetero) is 2. The van der Waals surface area contributed by atoms with Crippen LogP contribution in [-0.2, 0) is 25.6 Å². The van der Waals surface area contributed by atoms with E-state index in [0.717, 1.165) is 25.9 Å². The molecular formula is C31H41N5O8. The SMILES string of the molecule is CCCN1CCC[C@H]1C(=O)Nc1cc(N(C)C)c2c(c1O)C(O)=C1C(=O)[C@]3(O)C(O)=C(C(N)=O)C(=O)[C@@H](N(C)C)[C@@H]3CC1C2. The van der Waals surface area contributed by atoms with Gasteiger partial charge in [0.2, 0.25) is 11.7 Å². The zero-order valence-electron chi connectivity index (χ0n) is 25.7. The van der Waals surface area contributed by atoms with Crippen LogP contribution in [0, 0.1) is 11.8 Å². The minimum absolute atomic E-state index is 0.00712. The Bertz CT molecular complexity index is 1510. The Morgan fingerprint density at radius 1 is 1.16 bits per heavy atom. The highest BCUT2D eigenvalue weighted by Gasteiger charge is 2.64. The Hall–Kier alpha value is -3.94. The number of likely N-dealkylation sites (N-methyl/N-ethyl adjacent to an activating group) is 1. The molecule has 0 aromatic heterocycles. The lowest BCUT2D eigenvalue weighted by Crippen LogP contribution is -2.65. The van der Waals surface area contributed by atoms with Crippen LogP contribution in [0.5, 0.6) is 5.75 Å². The molecule has 0 radical (unpaired) electrons. The highest BCUT2D eigenvalue weighted by Crippen LogP contribution is 2.54. The monoisotopic (exact) mass is 611 g/mol. The van der Waals surface area contributed by atoms with Crippen molar-refractivity contribution >= 4 is 40.5 Å². The van der Waals surface area contributed by atoms with Gasteiger partial charge < -0.3 is 36.4 Å². The summed E-state index contributed by atoms with van der Waals surface area (Å²) in [5, 5.41) is 48.9. The van der Waals surface area contributed by atoms with E-state index in [1.165, 1.54) is 4.90 Å². The molecule has 0 bridgehead atoms. The normalized spacial score (nSPS) is 28.6. The van der Waals surface area contributed by atoms with Crippen LogP contribution in [0.3, 0.4) is 0 Å². The molecule has 2 fully saturated rings. The van der Waals surface area contributed by atoms with E-state index in [-0.39, 0.29) is 41.6 Å². The number of primary amides is 1. The molecule has 238 valence electrons. The van der Waals surface area contributed by atoms with Crippen LogP contribution in [0.25, 0.3) is 5.76 Å². The highest BCUT2D eigenvalue weighted by molar-refractivity contribution is 6.24. The number of nitrogens with one attached hydrogen (secondary N) is 1. The zero-order valence-corrected chi connectivity index (χ0v) is 25.7. The van der Waals surface area contributed by atoms with Crippen LogP contribution in [-0.4, -0.2) is 113 Å². The van der Waals surface area contributed by atoms with Gasteiger partial charge in [-0.1, -0.05) is 6.92 Å². The first kappa shape index (κ1) is 31.5. The number of likely N-dealkylation sites (tertiary alicyclic amines) is 1. The van der Waals surface area contributed by atoms with Crippen molar-refractivity contribution in [1.29, 1.82) is 0 Å². The van der Waals surface area contributed by atoms with E-state index in [9.17, 15) is 39.6 Å². The average Bonchev–Trinajstić information content (AvgIpc) is 3.40. The molecule has 0 spiro atoms. The number of hydrogen-bond acceptors (Lipinski definition) is 11. The van der Waals surface area contributed by atoms with Crippen molar-refractivity contribution in [2.45, 2.75) is 56.7 Å². The maximum Gasteiger partial charge on any atom is 0.255 e. The third-order valence-electron chi connectivity index (χ3n) is 9.61. The van der Waals surface area contributed by atoms with Gasteiger partial charge in [-0.3, -0.25) is 29.0 Å². The van der Waals surface area contributed by atoms with E-state index in [0.29, 0.717) is 17.7 Å². The van der Waals surface area contributed by atoms with Crippen LogP contribution < -0.4 is 16.0 Å². The van der Waals surface area contributed by atoms with Gasteiger partial charge >= 0.3 is 0 Å². The van der Waals surface area contributed by atoms with Gasteiger partial charge in [-0.05, 0) is 76.8 Å². The van der Waals surface area contributed by atoms with Crippen molar-refractivity contribution in [3.8, 4) is 5.75 Å². The second kappa shape index (κ2) is 11.2. The lowest BCUT2D eigenvalue weighted by atomic mass is 9.57. The summed E-state index contributed by atoms with van der Waals surface area (Å²) in [5.74, 6) is -7.51. The van der Waals surface area contributed by atoms with Gasteiger partial charge in [0, 0.05) is 31.3 Å². The van der Waals surface area contributed by atoms with E-state index in [1.54, 1.807) is 39.2 Å². The second-order valence-electron chi connectivity index (χ2n) is 12.7. The number of anilines is 2. The first-order chi connectivity index (χ1) is 20.7. The second-order valence-corrected chi connectivity index (χ2v) is 12.7. The van der Waals surface area contributed by atoms with Crippen molar-refractivity contribution in [1.82, 2.24) is 9.80 Å². The van der Waals surface area contributed by atoms with E-state index in [4.69, 9.17) is 5.73 Å². The number of benzene rings is 1. The standard InChI is InChI=1S/C31H41N5O8/c1-6-9-36-10-7-8-18(36)30(43)33-17-13-19(34(2)3)15-11-14-12-16-23(35(4)5)26(39)22(29(32)42)28(41)31(16,44)27(40)20(14)25(38)21(15)24(17)37/h13-14,16,18,23,37-38,41,44H,6-12H2,1-5H3,(H2,32,42)(H,33,43)/t14?,16-,18-,23-,31-/m0/s1. The number of rotatable bonds is 7. The molecule has 13 nitrogen and oxygen atoms in total. The van der Waals surface area contributed by atoms with Crippen LogP contribution in [0.1, 0.15) is 43.7 Å². The molecule has 1 aromatic rings. The van der Waals surface area contributed by atoms with Gasteiger partial charge in [0.15, 0.2) is 11.4 Å². The fourth-order valence-electron chi connectivity index (χ4n) is 7.68. The fraction of sp³-hybridized carbons (Fsp3) is 0.548. The molecule has 2 amide bonds. The Labute approximate surface area is 255 Å². The van der Waals surface area contributed by atoms with Gasteiger partial charge in [0.25, 0.3) is 5.91 Å². The number of phenolic OH excluding ortho intramolecular Hbond substituents is 1. The summed E-state index contributed by atoms with van der Waals surface area (Å²) in [6, 6.07) is 0.100. The Morgan fingerprint density at radius 3 is 2.43 bits per heavy atom. The molecule has 1 saturated carbocycles. The minimum Gasteiger partial charge on any atom is -0.508 e. The topological polar surface area (TPSA) is 197 Å². The van der Waals surface area contributed by atoms with Crippen molar-refractivity contribution in [2.24, 2.45) is 17.6 Å². The molecule has 1 aliphatic heterocycles. The number of amides is 2. The maximum atomic E-state index is 14.1. The van der Waals surface area contributed by atoms with Crippen LogP contribution in [0.2, 0.25) is 0 Å². The molecule has 5 atom stereocenters. The number of hydrogen-bond donors (Lipinski definition) is 6. The highest BCUT2D eigenvalue weighted by atomic mass is 16.3. The number of carbonyl (C=O) groups excluding carboxylic acids is 4. The molecule has 1 unspecified atom stereocenters. The van der Waals surface area contributed by atoms with Gasteiger partial charge in [-0.2, -0.15) is 0 Å². The molecule has 13 heteroatoms. The van der Waals surface area contributed by atoms with E-state index in [1.807, 2.05) is 6.92 Å². The third kappa shape index (κ3) is 4.56. The summed E-state index contributed by atoms with van der Waals surface area (Å²) in [7, 11) is 6.65. The van der Waals surface area contributed by atoms with Gasteiger partial charge in [0.1, 0.15) is 22.8 Å². The fourth-order valence-corrected chi connectivity index (χ4v) is 7.68. The molecule has 1 saturated heterocycles. The van der Waals surface area contributed by atoms with Gasteiger partial charge in [0.05, 0.1) is 23.3 Å². The zero-order chi connectivity index (χ0) is 32.4. The summed E-state index contributed by atoms with van der Waals surface area (Å²) >= 11 is 0. The number of fused-ring (bicyclic) bond motifs is 3. The van der Waals surface area contributed by atoms with Crippen LogP contribution in [0.4, 0.5) is 11.4 Å². The van der Waals surface area contributed by atoms with Gasteiger partial charge in [-0.15, -0.1) is 0 Å². The lowest BCUT2D eigenvalue weighted by molar-refractivity contribution is -0.153. The molecule has 4 aliphatic rings. The molecular weight excluding hydrogens is 570 g/mol. The summed E-state index contributed by atoms with van der Waals surface area (Å²) in [6.07, 6.45) is 2.57. The Kier molecular flexibility index (Phi) is 8.02. The van der Waals surface area contributed by atoms with Crippen molar-refractivity contribution < 1.29 is 39.6 Å². The summed E-state index contributed by atoms with van der Waals surface area (Å²) in [5.41, 5.74) is 2.66. The molecule has 3 aliphatic carbocycles. The first-order valence-electron chi connectivity index (χ1n) is 14.9. The lowest BCUT2D eigenvalue weighted by Gasteiger charge is -2.50. The minimum atomic E-state index is -2.72. The number of nitrogens with zero attached hydrogens (tertiary/aromatic N) is 3. The predicted molar refractivity (Wildman–Crippen MR) is 162 cm³/mol. The number of ketones is 2. The average molecular weight is 612 g/mol. The quantitative estimate of drug-likeness (QED) is 0.189. The van der Waals surface area contributed by atoms with Crippen molar-refractivity contribution in [3.05, 3.63) is 34.1 Å². The van der Waals surface area contributed by atoms with Gasteiger partial charge in [-0.25, -0.2) is 0 Å². The van der Waals surface area contributed by atoms with E-state index >= 15 is 0 Å². The smallest absolute Gasteiger partial charge is 0.255 e. The first-order valence-corrected chi connectivity index (χ1v) is 14.9. The third-order valence-corrected chi connectivity index (χ3v) is 9.61. The number of aromatic hydroxyl groups is 1. The maximum absolute atomic E-state index is 14.1. The summed E-state index contributed by atoms with van der Waals surface area (Å²) in [6.45, 7) is 3.59. The Morgan fingerprint density at radius 2 is 1.84 bits per heavy atom. The number of aliphatic hydroxyl groups is 3. The Balaban J connectivity index is 1.64. The van der Waals surface area contributed by atoms with Crippen molar-refractivity contribution in [3.63, 3.8) is 0 Å². The number of aliphatic hydroxyl groups excluding tert-OH is 2. The number of carbonyl (C=O) groups is 4. The van der Waals surface area contributed by atoms with E-state index in [2.05, 4.69) is 10.2 Å². The number of nitrogens with two attached hydrogens (primary N) is 1. The summed E-state index contributed by atoms with van der Waals surface area (Å²) < 4.78 is 0. The van der Waals surface area contributed by atoms with Crippen molar-refractivity contribution in [2.75, 3.05) is 51.5 Å². The predicted octanol–water partition coefficient (Wildman–Crippen LogP) is 0.843. The molecule has 1 aromatic carbocycles. The molecule has 44 heavy (non-hydrogen) atoms. The van der Waals surface area contributed by atoms with Crippen LogP contribution >= 0.6 is 0 Å². The molecule has 7 N–H and O–H groups in total. The molecule has 1 heterocycles. The van der Waals surface area contributed by atoms with E-state index < -0.39 is 63.8 Å². The number of phenols is 1. The largest absolute Gasteiger partial charge is 0.508 e. The summed E-state index contributed by atoms with van der Waals surface area (Å²) in [4.78, 5) is 58.3. The van der Waals surface area contributed by atoms with Crippen LogP contribution in [0.15, 0.2) is 23.0 Å².